The molecule has 0 N–H and O–H groups in total. The molecule has 0 spiro atoms. The predicted octanol–water partition coefficient (Wildman–Crippen LogP) is 6.74. The molecule has 0 amide bonds. The third-order valence-electron chi connectivity index (χ3n) is 3.58. The Morgan fingerprint density at radius 2 is 1.72 bits per heavy atom. The van der Waals surface area contributed by atoms with Gasteiger partial charge >= 0.3 is 0 Å². The van der Waals surface area contributed by atoms with Crippen LogP contribution in [0.3, 0.4) is 0 Å². The smallest absolute Gasteiger partial charge is 0.0456 e. The van der Waals surface area contributed by atoms with Crippen molar-refractivity contribution >= 4 is 32.1 Å². The highest BCUT2D eigenvalue weighted by Gasteiger charge is 2.11. The van der Waals surface area contributed by atoms with Crippen molar-refractivity contribution < 1.29 is 0 Å². The standard InChI is InChI=1S/C16H24S2/c1-4-5-6-7-8-9-12(2)14-11-16-15(18-14)10-13(3)17-16/h10-12H,4-9H2,1-3H3. The van der Waals surface area contributed by atoms with Gasteiger partial charge in [-0.05, 0) is 31.4 Å². The van der Waals surface area contributed by atoms with Crippen molar-refractivity contribution in [1.29, 1.82) is 0 Å². The zero-order valence-corrected chi connectivity index (χ0v) is 13.4. The molecule has 0 fully saturated rings. The van der Waals surface area contributed by atoms with Gasteiger partial charge in [0.15, 0.2) is 0 Å². The Bertz CT molecular complexity index is 447. The molecule has 2 heterocycles. The van der Waals surface area contributed by atoms with Crippen LogP contribution in [-0.4, -0.2) is 0 Å². The van der Waals surface area contributed by atoms with E-state index in [-0.39, 0.29) is 0 Å². The van der Waals surface area contributed by atoms with Gasteiger partial charge in [-0.3, -0.25) is 0 Å². The van der Waals surface area contributed by atoms with Crippen LogP contribution in [0.1, 0.15) is 68.0 Å². The molecule has 2 heteroatoms. The van der Waals surface area contributed by atoms with Crippen LogP contribution < -0.4 is 0 Å². The van der Waals surface area contributed by atoms with E-state index >= 15 is 0 Å². The number of hydrogen-bond donors (Lipinski definition) is 0. The molecule has 0 bridgehead atoms. The zero-order valence-electron chi connectivity index (χ0n) is 11.8. The quantitative estimate of drug-likeness (QED) is 0.493. The molecule has 2 rings (SSSR count). The van der Waals surface area contributed by atoms with Crippen LogP contribution in [0.5, 0.6) is 0 Å². The monoisotopic (exact) mass is 280 g/mol. The minimum atomic E-state index is 0.747. The van der Waals surface area contributed by atoms with Gasteiger partial charge in [-0.25, -0.2) is 0 Å². The van der Waals surface area contributed by atoms with Gasteiger partial charge < -0.3 is 0 Å². The van der Waals surface area contributed by atoms with E-state index in [1.54, 1.807) is 4.88 Å². The second-order valence-electron chi connectivity index (χ2n) is 5.34. The summed E-state index contributed by atoms with van der Waals surface area (Å²) in [4.78, 5) is 3.03. The average Bonchev–Trinajstić information content (AvgIpc) is 2.85. The van der Waals surface area contributed by atoms with E-state index in [4.69, 9.17) is 0 Å². The maximum Gasteiger partial charge on any atom is 0.0456 e. The summed E-state index contributed by atoms with van der Waals surface area (Å²) in [7, 11) is 0. The van der Waals surface area contributed by atoms with Crippen molar-refractivity contribution in [2.24, 2.45) is 0 Å². The fourth-order valence-corrected chi connectivity index (χ4v) is 4.83. The molecule has 0 aliphatic carbocycles. The van der Waals surface area contributed by atoms with Crippen molar-refractivity contribution in [3.63, 3.8) is 0 Å². The number of unbranched alkanes of at least 4 members (excludes halogenated alkanes) is 4. The molecule has 2 aromatic rings. The minimum Gasteiger partial charge on any atom is -0.140 e. The third kappa shape index (κ3) is 3.58. The summed E-state index contributed by atoms with van der Waals surface area (Å²) in [6, 6.07) is 4.76. The Labute approximate surface area is 119 Å². The van der Waals surface area contributed by atoms with Crippen molar-refractivity contribution in [3.8, 4) is 0 Å². The third-order valence-corrected chi connectivity index (χ3v) is 6.02. The molecule has 0 aliphatic rings. The largest absolute Gasteiger partial charge is 0.140 e. The summed E-state index contributed by atoms with van der Waals surface area (Å²) in [6.07, 6.45) is 8.33. The molecule has 1 unspecified atom stereocenters. The van der Waals surface area contributed by atoms with E-state index in [1.807, 2.05) is 22.7 Å². The number of aryl methyl sites for hydroxylation is 1. The van der Waals surface area contributed by atoms with Crippen LogP contribution in [0.25, 0.3) is 9.40 Å². The van der Waals surface area contributed by atoms with Crippen molar-refractivity contribution in [2.45, 2.75) is 65.2 Å². The molecule has 0 saturated carbocycles. The summed E-state index contributed by atoms with van der Waals surface area (Å²) in [6.45, 7) is 6.87. The Balaban J connectivity index is 1.84. The van der Waals surface area contributed by atoms with Gasteiger partial charge in [0, 0.05) is 19.2 Å². The fourth-order valence-electron chi connectivity index (χ4n) is 2.41. The number of fused-ring (bicyclic) bond motifs is 1. The van der Waals surface area contributed by atoms with Gasteiger partial charge in [-0.1, -0.05) is 46.0 Å². The highest BCUT2D eigenvalue weighted by molar-refractivity contribution is 7.27. The molecule has 18 heavy (non-hydrogen) atoms. The second-order valence-corrected chi connectivity index (χ2v) is 7.74. The van der Waals surface area contributed by atoms with Crippen molar-refractivity contribution in [3.05, 3.63) is 21.9 Å². The van der Waals surface area contributed by atoms with Crippen LogP contribution in [-0.2, 0) is 0 Å². The van der Waals surface area contributed by atoms with Crippen molar-refractivity contribution in [2.75, 3.05) is 0 Å². The Morgan fingerprint density at radius 3 is 2.44 bits per heavy atom. The molecule has 0 radical (unpaired) electrons. The van der Waals surface area contributed by atoms with Crippen LogP contribution in [0.4, 0.5) is 0 Å². The normalized spacial score (nSPS) is 13.3. The first kappa shape index (κ1) is 14.1. The Morgan fingerprint density at radius 1 is 1.00 bits per heavy atom. The first-order chi connectivity index (χ1) is 8.70. The van der Waals surface area contributed by atoms with E-state index < -0.39 is 0 Å². The lowest BCUT2D eigenvalue weighted by Gasteiger charge is -2.08. The highest BCUT2D eigenvalue weighted by atomic mass is 32.1. The molecule has 100 valence electrons. The number of hydrogen-bond acceptors (Lipinski definition) is 2. The molecular weight excluding hydrogens is 256 g/mol. The van der Waals surface area contributed by atoms with E-state index in [2.05, 4.69) is 32.9 Å². The lowest BCUT2D eigenvalue weighted by molar-refractivity contribution is 0.571. The van der Waals surface area contributed by atoms with Gasteiger partial charge in [-0.2, -0.15) is 0 Å². The van der Waals surface area contributed by atoms with Crippen LogP contribution in [0, 0.1) is 6.92 Å². The van der Waals surface area contributed by atoms with Crippen LogP contribution in [0.15, 0.2) is 12.1 Å². The molecule has 0 aliphatic heterocycles. The minimum absolute atomic E-state index is 0.747. The summed E-state index contributed by atoms with van der Waals surface area (Å²) < 4.78 is 2.98. The summed E-state index contributed by atoms with van der Waals surface area (Å²) in [5.74, 6) is 0.747. The Hall–Kier alpha value is -0.340. The fraction of sp³-hybridized carbons (Fsp3) is 0.625. The van der Waals surface area contributed by atoms with Crippen LogP contribution in [0.2, 0.25) is 0 Å². The first-order valence-corrected chi connectivity index (χ1v) is 8.84. The van der Waals surface area contributed by atoms with Gasteiger partial charge in [0.05, 0.1) is 0 Å². The molecule has 1 atom stereocenters. The van der Waals surface area contributed by atoms with E-state index in [0.717, 1.165) is 5.92 Å². The average molecular weight is 281 g/mol. The summed E-state index contributed by atoms with van der Waals surface area (Å²) in [5.41, 5.74) is 0. The van der Waals surface area contributed by atoms with Crippen LogP contribution >= 0.6 is 22.7 Å². The molecule has 0 aromatic carbocycles. The molecule has 0 nitrogen and oxygen atoms in total. The van der Waals surface area contributed by atoms with E-state index in [9.17, 15) is 0 Å². The van der Waals surface area contributed by atoms with E-state index in [0.29, 0.717) is 0 Å². The maximum atomic E-state index is 2.42. The highest BCUT2D eigenvalue weighted by Crippen LogP contribution is 2.37. The maximum absolute atomic E-state index is 2.42. The topological polar surface area (TPSA) is 0 Å². The lowest BCUT2D eigenvalue weighted by Crippen LogP contribution is -1.90. The lowest BCUT2D eigenvalue weighted by atomic mass is 10.0. The second kappa shape index (κ2) is 6.72. The van der Waals surface area contributed by atoms with Gasteiger partial charge in [0.1, 0.15) is 0 Å². The summed E-state index contributed by atoms with van der Waals surface area (Å²) in [5, 5.41) is 0. The predicted molar refractivity (Wildman–Crippen MR) is 86.2 cm³/mol. The number of thiophene rings is 2. The zero-order chi connectivity index (χ0) is 13.0. The molecule has 0 saturated heterocycles. The molecular formula is C16H24S2. The van der Waals surface area contributed by atoms with Crippen molar-refractivity contribution in [1.82, 2.24) is 0 Å². The van der Waals surface area contributed by atoms with E-state index in [1.165, 1.54) is 52.8 Å². The van der Waals surface area contributed by atoms with Gasteiger partial charge in [-0.15, -0.1) is 22.7 Å². The van der Waals surface area contributed by atoms with Gasteiger partial charge in [0.25, 0.3) is 0 Å². The SMILES string of the molecule is CCCCCCCC(C)c1cc2sc(C)cc2s1. The summed E-state index contributed by atoms with van der Waals surface area (Å²) >= 11 is 3.94. The van der Waals surface area contributed by atoms with Gasteiger partial charge in [0.2, 0.25) is 0 Å². The Kier molecular flexibility index (Phi) is 5.25. The molecule has 2 aromatic heterocycles. The first-order valence-electron chi connectivity index (χ1n) is 7.20. The number of rotatable bonds is 7.